The standard InChI is InChI=1S/C23H24O3/c1-3-16-9-5-7-11-18(16)13-20-15-22(24)21(23(25)26-20)14-19-12-8-6-10-17(19)4-2/h5-12,15,24H,3-4,13-14H2,1-2H3. The lowest BCUT2D eigenvalue weighted by Crippen LogP contribution is -2.11. The van der Waals surface area contributed by atoms with Crippen LogP contribution in [-0.2, 0) is 25.7 Å². The van der Waals surface area contributed by atoms with Crippen molar-refractivity contribution in [3.8, 4) is 5.75 Å². The van der Waals surface area contributed by atoms with Crippen molar-refractivity contribution in [1.29, 1.82) is 0 Å². The fourth-order valence-corrected chi connectivity index (χ4v) is 3.33. The van der Waals surface area contributed by atoms with Crippen LogP contribution in [-0.4, -0.2) is 5.11 Å². The van der Waals surface area contributed by atoms with Crippen molar-refractivity contribution in [2.75, 3.05) is 0 Å². The molecular formula is C23H24O3. The van der Waals surface area contributed by atoms with Crippen LogP contribution in [0.4, 0.5) is 0 Å². The average molecular weight is 348 g/mol. The van der Waals surface area contributed by atoms with Gasteiger partial charge in [0, 0.05) is 18.9 Å². The number of benzene rings is 2. The van der Waals surface area contributed by atoms with Crippen molar-refractivity contribution in [3.63, 3.8) is 0 Å². The van der Waals surface area contributed by atoms with Crippen molar-refractivity contribution < 1.29 is 9.52 Å². The largest absolute Gasteiger partial charge is 0.507 e. The lowest BCUT2D eigenvalue weighted by Gasteiger charge is -2.10. The summed E-state index contributed by atoms with van der Waals surface area (Å²) in [7, 11) is 0. The normalized spacial score (nSPS) is 10.8. The van der Waals surface area contributed by atoms with E-state index in [4.69, 9.17) is 4.42 Å². The van der Waals surface area contributed by atoms with Gasteiger partial charge in [0.05, 0.1) is 5.56 Å². The SMILES string of the molecule is CCc1ccccc1Cc1cc(O)c(Cc2ccccc2CC)c(=O)o1. The van der Waals surface area contributed by atoms with E-state index in [2.05, 4.69) is 19.9 Å². The molecule has 1 aromatic heterocycles. The highest BCUT2D eigenvalue weighted by Crippen LogP contribution is 2.23. The minimum absolute atomic E-state index is 0.0103. The molecule has 3 heteroatoms. The topological polar surface area (TPSA) is 50.4 Å². The van der Waals surface area contributed by atoms with Crippen molar-refractivity contribution >= 4 is 0 Å². The highest BCUT2D eigenvalue weighted by molar-refractivity contribution is 5.39. The van der Waals surface area contributed by atoms with Gasteiger partial charge in [0.25, 0.3) is 0 Å². The molecule has 3 nitrogen and oxygen atoms in total. The Kier molecular flexibility index (Phi) is 5.57. The van der Waals surface area contributed by atoms with Gasteiger partial charge in [-0.25, -0.2) is 4.79 Å². The molecule has 0 aliphatic carbocycles. The summed E-state index contributed by atoms with van der Waals surface area (Å²) in [6, 6.07) is 17.6. The lowest BCUT2D eigenvalue weighted by molar-refractivity contribution is 0.419. The van der Waals surface area contributed by atoms with E-state index in [-0.39, 0.29) is 5.75 Å². The summed E-state index contributed by atoms with van der Waals surface area (Å²) in [5, 5.41) is 10.4. The van der Waals surface area contributed by atoms with Crippen molar-refractivity contribution in [3.05, 3.63) is 98.6 Å². The predicted molar refractivity (Wildman–Crippen MR) is 104 cm³/mol. The molecule has 0 atom stereocenters. The molecule has 0 bridgehead atoms. The molecule has 3 rings (SSSR count). The molecule has 26 heavy (non-hydrogen) atoms. The average Bonchev–Trinajstić information content (AvgIpc) is 2.65. The van der Waals surface area contributed by atoms with Gasteiger partial charge < -0.3 is 9.52 Å². The van der Waals surface area contributed by atoms with E-state index in [1.165, 1.54) is 11.1 Å². The lowest BCUT2D eigenvalue weighted by atomic mass is 9.98. The quantitative estimate of drug-likeness (QED) is 0.705. The third-order valence-electron chi connectivity index (χ3n) is 4.81. The molecule has 0 radical (unpaired) electrons. The molecule has 0 amide bonds. The molecule has 0 aliphatic rings. The van der Waals surface area contributed by atoms with Gasteiger partial charge in [0.2, 0.25) is 0 Å². The molecule has 0 aliphatic heterocycles. The third-order valence-corrected chi connectivity index (χ3v) is 4.81. The predicted octanol–water partition coefficient (Wildman–Crippen LogP) is 4.65. The number of aromatic hydroxyl groups is 1. The minimum Gasteiger partial charge on any atom is -0.507 e. The molecule has 0 saturated carbocycles. The Hall–Kier alpha value is -2.81. The van der Waals surface area contributed by atoms with Gasteiger partial charge in [-0.2, -0.15) is 0 Å². The van der Waals surface area contributed by atoms with E-state index < -0.39 is 5.63 Å². The maximum Gasteiger partial charge on any atom is 0.343 e. The molecule has 3 aromatic rings. The molecule has 134 valence electrons. The monoisotopic (exact) mass is 348 g/mol. The summed E-state index contributed by atoms with van der Waals surface area (Å²) >= 11 is 0. The highest BCUT2D eigenvalue weighted by Gasteiger charge is 2.14. The van der Waals surface area contributed by atoms with E-state index in [0.717, 1.165) is 24.0 Å². The van der Waals surface area contributed by atoms with E-state index in [9.17, 15) is 9.90 Å². The van der Waals surface area contributed by atoms with Crippen LogP contribution < -0.4 is 5.63 Å². The second-order valence-corrected chi connectivity index (χ2v) is 6.46. The summed E-state index contributed by atoms with van der Waals surface area (Å²) in [6.45, 7) is 4.18. The molecule has 0 spiro atoms. The second-order valence-electron chi connectivity index (χ2n) is 6.46. The molecule has 0 saturated heterocycles. The van der Waals surface area contributed by atoms with Gasteiger partial charge in [-0.3, -0.25) is 0 Å². The molecular weight excluding hydrogens is 324 g/mol. The molecule has 2 aromatic carbocycles. The zero-order valence-corrected chi connectivity index (χ0v) is 15.3. The summed E-state index contributed by atoms with van der Waals surface area (Å²) in [4.78, 5) is 12.5. The maximum atomic E-state index is 12.5. The van der Waals surface area contributed by atoms with E-state index in [1.807, 2.05) is 42.5 Å². The first-order valence-corrected chi connectivity index (χ1v) is 9.10. The Bertz CT molecular complexity index is 954. The van der Waals surface area contributed by atoms with Gasteiger partial charge in [0.15, 0.2) is 0 Å². The number of aryl methyl sites for hydroxylation is 2. The number of rotatable bonds is 6. The van der Waals surface area contributed by atoms with Crippen LogP contribution >= 0.6 is 0 Å². The van der Waals surface area contributed by atoms with Crippen LogP contribution in [0, 0.1) is 0 Å². The zero-order chi connectivity index (χ0) is 18.5. The molecule has 1 N–H and O–H groups in total. The van der Waals surface area contributed by atoms with Crippen molar-refractivity contribution in [2.45, 2.75) is 39.5 Å². The zero-order valence-electron chi connectivity index (χ0n) is 15.3. The van der Waals surface area contributed by atoms with E-state index >= 15 is 0 Å². The summed E-state index contributed by atoms with van der Waals surface area (Å²) < 4.78 is 5.52. The Morgan fingerprint density at radius 3 is 1.81 bits per heavy atom. The summed E-state index contributed by atoms with van der Waals surface area (Å²) in [5.74, 6) is 0.497. The Labute approximate surface area is 153 Å². The van der Waals surface area contributed by atoms with Crippen molar-refractivity contribution in [1.82, 2.24) is 0 Å². The first kappa shape index (κ1) is 18.0. The van der Waals surface area contributed by atoms with Crippen LogP contribution in [0.2, 0.25) is 0 Å². The third kappa shape index (κ3) is 3.88. The van der Waals surface area contributed by atoms with Gasteiger partial charge >= 0.3 is 5.63 Å². The highest BCUT2D eigenvalue weighted by atomic mass is 16.4. The van der Waals surface area contributed by atoms with Crippen LogP contribution in [0.25, 0.3) is 0 Å². The fourth-order valence-electron chi connectivity index (χ4n) is 3.33. The van der Waals surface area contributed by atoms with Gasteiger partial charge in [-0.1, -0.05) is 62.4 Å². The Morgan fingerprint density at radius 2 is 1.31 bits per heavy atom. The van der Waals surface area contributed by atoms with Crippen LogP contribution in [0.5, 0.6) is 5.75 Å². The number of hydrogen-bond donors (Lipinski definition) is 1. The maximum absolute atomic E-state index is 12.5. The molecule has 0 unspecified atom stereocenters. The van der Waals surface area contributed by atoms with E-state index in [1.54, 1.807) is 6.07 Å². The first-order valence-electron chi connectivity index (χ1n) is 9.10. The van der Waals surface area contributed by atoms with Gasteiger partial charge in [-0.15, -0.1) is 0 Å². The Morgan fingerprint density at radius 1 is 0.808 bits per heavy atom. The van der Waals surface area contributed by atoms with Crippen LogP contribution in [0.15, 0.2) is 63.8 Å². The van der Waals surface area contributed by atoms with Crippen LogP contribution in [0.3, 0.4) is 0 Å². The van der Waals surface area contributed by atoms with E-state index in [0.29, 0.717) is 24.2 Å². The molecule has 1 heterocycles. The fraction of sp³-hybridized carbons (Fsp3) is 0.261. The first-order chi connectivity index (χ1) is 12.6. The smallest absolute Gasteiger partial charge is 0.343 e. The number of hydrogen-bond acceptors (Lipinski definition) is 3. The molecule has 0 fully saturated rings. The summed E-state index contributed by atoms with van der Waals surface area (Å²) in [5.41, 5.74) is 4.41. The summed E-state index contributed by atoms with van der Waals surface area (Å²) in [6.07, 6.45) is 2.68. The Balaban J connectivity index is 1.90. The van der Waals surface area contributed by atoms with Gasteiger partial charge in [-0.05, 0) is 35.1 Å². The second kappa shape index (κ2) is 8.05. The van der Waals surface area contributed by atoms with Crippen LogP contribution in [0.1, 0.15) is 47.4 Å². The van der Waals surface area contributed by atoms with Crippen molar-refractivity contribution in [2.24, 2.45) is 0 Å². The van der Waals surface area contributed by atoms with Gasteiger partial charge in [0.1, 0.15) is 11.5 Å². The minimum atomic E-state index is -0.458.